The van der Waals surface area contributed by atoms with Crippen LogP contribution in [0.5, 0.6) is 0 Å². The van der Waals surface area contributed by atoms with E-state index in [9.17, 15) is 9.59 Å². The van der Waals surface area contributed by atoms with E-state index in [-0.39, 0.29) is 24.3 Å². The number of carbonyl (C=O) groups excluding carboxylic acids is 2. The largest absolute Gasteiger partial charge is 0.344 e. The van der Waals surface area contributed by atoms with Crippen LogP contribution in [0.4, 0.5) is 5.69 Å². The Hall–Kier alpha value is -3.15. The van der Waals surface area contributed by atoms with E-state index in [0.29, 0.717) is 13.0 Å². The van der Waals surface area contributed by atoms with Gasteiger partial charge in [0.1, 0.15) is 12.4 Å². The van der Waals surface area contributed by atoms with Gasteiger partial charge in [0.2, 0.25) is 11.8 Å². The lowest BCUT2D eigenvalue weighted by Gasteiger charge is -2.20. The van der Waals surface area contributed by atoms with Crippen molar-refractivity contribution in [3.05, 3.63) is 59.9 Å². The molecule has 0 radical (unpaired) electrons. The molecule has 6 nitrogen and oxygen atoms in total. The van der Waals surface area contributed by atoms with E-state index in [4.69, 9.17) is 4.98 Å². The summed E-state index contributed by atoms with van der Waals surface area (Å²) in [6.07, 6.45) is 2.44. The van der Waals surface area contributed by atoms with E-state index in [1.54, 1.807) is 4.90 Å². The van der Waals surface area contributed by atoms with Gasteiger partial charge in [-0.25, -0.2) is 4.98 Å². The van der Waals surface area contributed by atoms with Gasteiger partial charge in [0.25, 0.3) is 0 Å². The number of likely N-dealkylation sites (N-methyl/N-ethyl adjacent to an activating group) is 1. The zero-order valence-corrected chi connectivity index (χ0v) is 18.5. The Morgan fingerprint density at radius 3 is 2.77 bits per heavy atom. The average Bonchev–Trinajstić information content (AvgIpc) is 3.32. The third kappa shape index (κ3) is 4.33. The van der Waals surface area contributed by atoms with Gasteiger partial charge >= 0.3 is 0 Å². The first-order valence-electron chi connectivity index (χ1n) is 11.0. The molecule has 0 unspecified atom stereocenters. The topological polar surface area (TPSA) is 58.4 Å². The van der Waals surface area contributed by atoms with Crippen molar-refractivity contribution in [2.75, 3.05) is 25.0 Å². The zero-order valence-electron chi connectivity index (χ0n) is 18.5. The average molecular weight is 419 g/mol. The Morgan fingerprint density at radius 2 is 2.00 bits per heavy atom. The maximum atomic E-state index is 12.9. The maximum absolute atomic E-state index is 12.9. The van der Waals surface area contributed by atoms with Crippen LogP contribution in [0.15, 0.2) is 48.5 Å². The summed E-state index contributed by atoms with van der Waals surface area (Å²) in [5, 5.41) is 0. The predicted molar refractivity (Wildman–Crippen MR) is 123 cm³/mol. The van der Waals surface area contributed by atoms with Crippen LogP contribution >= 0.6 is 0 Å². The summed E-state index contributed by atoms with van der Waals surface area (Å²) >= 11 is 0. The minimum absolute atomic E-state index is 0.0471. The van der Waals surface area contributed by atoms with Crippen LogP contribution in [-0.2, 0) is 16.1 Å². The number of para-hydroxylation sites is 2. The number of aromatic nitrogens is 2. The highest BCUT2D eigenvalue weighted by Crippen LogP contribution is 2.33. The van der Waals surface area contributed by atoms with Crippen LogP contribution < -0.4 is 4.90 Å². The number of anilines is 1. The van der Waals surface area contributed by atoms with Gasteiger partial charge in [-0.3, -0.25) is 9.59 Å². The number of fused-ring (bicyclic) bond motifs is 1. The van der Waals surface area contributed by atoms with Crippen molar-refractivity contribution >= 4 is 28.5 Å². The van der Waals surface area contributed by atoms with E-state index < -0.39 is 0 Å². The van der Waals surface area contributed by atoms with Crippen molar-refractivity contribution in [3.8, 4) is 0 Å². The number of rotatable bonds is 7. The van der Waals surface area contributed by atoms with Crippen molar-refractivity contribution in [3.63, 3.8) is 0 Å². The highest BCUT2D eigenvalue weighted by molar-refractivity contribution is 5.96. The molecule has 0 N–H and O–H groups in total. The fourth-order valence-electron chi connectivity index (χ4n) is 4.27. The summed E-state index contributed by atoms with van der Waals surface area (Å²) in [5.41, 5.74) is 3.85. The van der Waals surface area contributed by atoms with Crippen molar-refractivity contribution in [2.45, 2.75) is 45.6 Å². The first-order chi connectivity index (χ1) is 15.0. The number of aryl methyl sites for hydroxylation is 1. The van der Waals surface area contributed by atoms with E-state index in [0.717, 1.165) is 47.5 Å². The van der Waals surface area contributed by atoms with E-state index in [1.807, 2.05) is 72.0 Å². The summed E-state index contributed by atoms with van der Waals surface area (Å²) in [6, 6.07) is 15.9. The molecule has 1 aliphatic rings. The molecule has 2 heterocycles. The quantitative estimate of drug-likeness (QED) is 0.580. The second kappa shape index (κ2) is 8.92. The minimum atomic E-state index is -0.0471. The first-order valence-corrected chi connectivity index (χ1v) is 11.0. The van der Waals surface area contributed by atoms with Gasteiger partial charge < -0.3 is 14.4 Å². The van der Waals surface area contributed by atoms with Crippen LogP contribution in [0.25, 0.3) is 11.0 Å². The number of benzene rings is 2. The van der Waals surface area contributed by atoms with Gasteiger partial charge in [-0.05, 0) is 43.2 Å². The third-order valence-electron chi connectivity index (χ3n) is 6.05. The van der Waals surface area contributed by atoms with Crippen LogP contribution in [0, 0.1) is 6.92 Å². The number of nitrogens with zero attached hydrogens (tertiary/aromatic N) is 4. The van der Waals surface area contributed by atoms with Crippen LogP contribution in [0.1, 0.15) is 43.5 Å². The number of amides is 2. The van der Waals surface area contributed by atoms with Gasteiger partial charge in [0.05, 0.1) is 11.0 Å². The second-order valence-corrected chi connectivity index (χ2v) is 8.46. The van der Waals surface area contributed by atoms with Gasteiger partial charge in [-0.2, -0.15) is 0 Å². The van der Waals surface area contributed by atoms with E-state index in [1.165, 1.54) is 0 Å². The van der Waals surface area contributed by atoms with Crippen LogP contribution in [0.2, 0.25) is 0 Å². The molecule has 0 bridgehead atoms. The Kier molecular flexibility index (Phi) is 6.07. The molecular weight excluding hydrogens is 388 g/mol. The SMILES string of the molecule is CCCCN(C)C(=O)Cn1c([C@@H]2CC(=O)N(c3cccc(C)c3)C2)nc2ccccc21. The molecule has 4 rings (SSSR count). The van der Waals surface area contributed by atoms with Crippen molar-refractivity contribution in [1.82, 2.24) is 14.5 Å². The molecule has 1 atom stereocenters. The molecule has 31 heavy (non-hydrogen) atoms. The number of unbranched alkanes of at least 4 members (excludes halogenated alkanes) is 1. The fourth-order valence-corrected chi connectivity index (χ4v) is 4.27. The molecule has 1 fully saturated rings. The lowest BCUT2D eigenvalue weighted by atomic mass is 10.1. The van der Waals surface area contributed by atoms with Gasteiger partial charge in [0.15, 0.2) is 0 Å². The summed E-state index contributed by atoms with van der Waals surface area (Å²) < 4.78 is 2.01. The molecule has 162 valence electrons. The van der Waals surface area contributed by atoms with Crippen LogP contribution in [0.3, 0.4) is 0 Å². The number of imidazole rings is 1. The molecule has 3 aromatic rings. The van der Waals surface area contributed by atoms with Crippen molar-refractivity contribution in [2.24, 2.45) is 0 Å². The maximum Gasteiger partial charge on any atom is 0.242 e. The van der Waals surface area contributed by atoms with Gasteiger partial charge in [-0.15, -0.1) is 0 Å². The molecule has 1 aromatic heterocycles. The van der Waals surface area contributed by atoms with E-state index in [2.05, 4.69) is 6.92 Å². The zero-order chi connectivity index (χ0) is 22.0. The highest BCUT2D eigenvalue weighted by atomic mass is 16.2. The summed E-state index contributed by atoms with van der Waals surface area (Å²) in [4.78, 5) is 34.3. The number of hydrogen-bond donors (Lipinski definition) is 0. The van der Waals surface area contributed by atoms with Gasteiger partial charge in [-0.1, -0.05) is 37.6 Å². The normalized spacial score (nSPS) is 16.3. The van der Waals surface area contributed by atoms with Crippen molar-refractivity contribution < 1.29 is 9.59 Å². The summed E-state index contributed by atoms with van der Waals surface area (Å²) in [6.45, 7) is 5.72. The van der Waals surface area contributed by atoms with Crippen LogP contribution in [-0.4, -0.2) is 46.4 Å². The number of hydrogen-bond acceptors (Lipinski definition) is 3. The third-order valence-corrected chi connectivity index (χ3v) is 6.05. The Balaban J connectivity index is 1.64. The Morgan fingerprint density at radius 1 is 1.19 bits per heavy atom. The van der Waals surface area contributed by atoms with E-state index >= 15 is 0 Å². The fraction of sp³-hybridized carbons (Fsp3) is 0.400. The monoisotopic (exact) mass is 418 g/mol. The lowest BCUT2D eigenvalue weighted by Crippen LogP contribution is -2.32. The van der Waals surface area contributed by atoms with Crippen molar-refractivity contribution in [1.29, 1.82) is 0 Å². The van der Waals surface area contributed by atoms with Gasteiger partial charge in [0, 0.05) is 38.2 Å². The smallest absolute Gasteiger partial charge is 0.242 e. The number of carbonyl (C=O) groups is 2. The molecule has 2 aromatic carbocycles. The molecular formula is C25H30N4O2. The Labute approximate surface area is 183 Å². The molecule has 0 spiro atoms. The highest BCUT2D eigenvalue weighted by Gasteiger charge is 2.35. The summed E-state index contributed by atoms with van der Waals surface area (Å²) in [7, 11) is 1.86. The standard InChI is InChI=1S/C25H30N4O2/c1-4-5-13-27(3)24(31)17-29-22-12-7-6-11-21(22)26-25(29)19-15-23(30)28(16-19)20-10-8-9-18(2)14-20/h6-12,14,19H,4-5,13,15-17H2,1-3H3/t19-/m1/s1. The second-order valence-electron chi connectivity index (χ2n) is 8.46. The first kappa shape index (κ1) is 21.1. The molecule has 1 aliphatic heterocycles. The molecule has 0 saturated carbocycles. The molecule has 1 saturated heterocycles. The lowest BCUT2D eigenvalue weighted by molar-refractivity contribution is -0.130. The molecule has 0 aliphatic carbocycles. The predicted octanol–water partition coefficient (Wildman–Crippen LogP) is 4.12. The molecule has 6 heteroatoms. The summed E-state index contributed by atoms with van der Waals surface area (Å²) in [5.74, 6) is 0.939. The minimum Gasteiger partial charge on any atom is -0.344 e. The Bertz CT molecular complexity index is 1100. The molecule has 2 amide bonds.